The summed E-state index contributed by atoms with van der Waals surface area (Å²) in [6.07, 6.45) is 9.05. The van der Waals surface area contributed by atoms with E-state index in [2.05, 4.69) is 31.7 Å². The van der Waals surface area contributed by atoms with Gasteiger partial charge < -0.3 is 15.6 Å². The highest BCUT2D eigenvalue weighted by molar-refractivity contribution is 5.25. The molecule has 5 heteroatoms. The van der Waals surface area contributed by atoms with E-state index in [1.165, 1.54) is 30.5 Å². The average Bonchev–Trinajstić information content (AvgIpc) is 3.00. The molecule has 2 aromatic rings. The van der Waals surface area contributed by atoms with Gasteiger partial charge in [-0.05, 0) is 30.9 Å². The molecular weight excluding hydrogens is 250 g/mol. The van der Waals surface area contributed by atoms with Crippen LogP contribution in [0.3, 0.4) is 0 Å². The summed E-state index contributed by atoms with van der Waals surface area (Å²) in [7, 11) is 0. The third-order valence-electron chi connectivity index (χ3n) is 3.76. The second-order valence-corrected chi connectivity index (χ2v) is 5.20. The summed E-state index contributed by atoms with van der Waals surface area (Å²) >= 11 is 0. The number of nitrogens with zero attached hydrogens (tertiary/aromatic N) is 2. The van der Waals surface area contributed by atoms with Crippen molar-refractivity contribution in [3.8, 4) is 0 Å². The topological polar surface area (TPSA) is 65.6 Å². The van der Waals surface area contributed by atoms with Crippen molar-refractivity contribution in [2.24, 2.45) is 0 Å². The molecule has 20 heavy (non-hydrogen) atoms. The molecule has 2 aromatic heterocycles. The van der Waals surface area contributed by atoms with Gasteiger partial charge in [0.05, 0.1) is 12.0 Å². The number of aromatic nitrogens is 3. The van der Waals surface area contributed by atoms with E-state index in [4.69, 9.17) is 0 Å². The van der Waals surface area contributed by atoms with Crippen molar-refractivity contribution in [2.75, 3.05) is 13.1 Å². The Balaban J connectivity index is 1.43. The quantitative estimate of drug-likeness (QED) is 0.698. The van der Waals surface area contributed by atoms with Crippen molar-refractivity contribution in [3.63, 3.8) is 0 Å². The minimum Gasteiger partial charge on any atom is -0.347 e. The van der Waals surface area contributed by atoms with Gasteiger partial charge in [0.15, 0.2) is 0 Å². The Morgan fingerprint density at radius 2 is 2.35 bits per heavy atom. The number of hydrogen-bond acceptors (Lipinski definition) is 4. The first-order chi connectivity index (χ1) is 9.93. The van der Waals surface area contributed by atoms with Crippen LogP contribution in [0.2, 0.25) is 0 Å². The van der Waals surface area contributed by atoms with Gasteiger partial charge in [-0.2, -0.15) is 0 Å². The lowest BCUT2D eigenvalue weighted by Crippen LogP contribution is -2.32. The van der Waals surface area contributed by atoms with Gasteiger partial charge in [-0.15, -0.1) is 0 Å². The number of fused-ring (bicyclic) bond motifs is 1. The summed E-state index contributed by atoms with van der Waals surface area (Å²) < 4.78 is 0. The molecule has 0 aliphatic heterocycles. The molecule has 5 nitrogen and oxygen atoms in total. The summed E-state index contributed by atoms with van der Waals surface area (Å²) in [5.74, 6) is 0. The first-order valence-electron chi connectivity index (χ1n) is 7.28. The molecule has 0 saturated carbocycles. The predicted molar refractivity (Wildman–Crippen MR) is 78.2 cm³/mol. The summed E-state index contributed by atoms with van der Waals surface area (Å²) in [5.41, 5.74) is 3.77. The van der Waals surface area contributed by atoms with Gasteiger partial charge in [0.1, 0.15) is 0 Å². The summed E-state index contributed by atoms with van der Waals surface area (Å²) in [6, 6.07) is 4.65. The number of H-pyrrole nitrogens is 1. The Hall–Kier alpha value is -1.72. The lowest BCUT2D eigenvalue weighted by atomic mass is 9.92. The van der Waals surface area contributed by atoms with Crippen LogP contribution in [0.1, 0.15) is 35.8 Å². The van der Waals surface area contributed by atoms with Gasteiger partial charge in [0.25, 0.3) is 0 Å². The van der Waals surface area contributed by atoms with Gasteiger partial charge in [-0.3, -0.25) is 4.98 Å². The molecular formula is C15H21N5. The molecule has 0 amide bonds. The van der Waals surface area contributed by atoms with Crippen LogP contribution >= 0.6 is 0 Å². The van der Waals surface area contributed by atoms with Crippen molar-refractivity contribution in [2.45, 2.75) is 31.8 Å². The second kappa shape index (κ2) is 6.63. The third kappa shape index (κ3) is 3.23. The largest absolute Gasteiger partial charge is 0.347 e. The molecule has 0 fully saturated rings. The molecule has 0 bridgehead atoms. The fourth-order valence-electron chi connectivity index (χ4n) is 2.75. The lowest BCUT2D eigenvalue weighted by Gasteiger charge is -2.25. The first kappa shape index (κ1) is 13.3. The van der Waals surface area contributed by atoms with Crippen LogP contribution in [0.5, 0.6) is 0 Å². The molecule has 3 N–H and O–H groups in total. The van der Waals surface area contributed by atoms with E-state index < -0.39 is 0 Å². The molecule has 1 aliphatic rings. The normalized spacial score (nSPS) is 17.9. The zero-order chi connectivity index (χ0) is 13.6. The van der Waals surface area contributed by atoms with Crippen LogP contribution in [0.25, 0.3) is 0 Å². The second-order valence-electron chi connectivity index (χ2n) is 5.20. The van der Waals surface area contributed by atoms with Crippen LogP contribution < -0.4 is 10.6 Å². The van der Waals surface area contributed by atoms with E-state index >= 15 is 0 Å². The number of rotatable bonds is 6. The van der Waals surface area contributed by atoms with Crippen molar-refractivity contribution in [1.29, 1.82) is 0 Å². The number of nitrogens with one attached hydrogen (secondary N) is 3. The van der Waals surface area contributed by atoms with Crippen LogP contribution in [0, 0.1) is 0 Å². The van der Waals surface area contributed by atoms with Gasteiger partial charge in [0, 0.05) is 43.8 Å². The highest BCUT2D eigenvalue weighted by atomic mass is 15.0. The van der Waals surface area contributed by atoms with Gasteiger partial charge in [-0.1, -0.05) is 6.07 Å². The number of imidazole rings is 1. The Bertz CT molecular complexity index is 523. The SMILES string of the molecule is c1cnc2c(c1)CCCC2NCCNCc1cnc[nH]1. The number of aromatic amines is 1. The highest BCUT2D eigenvalue weighted by Gasteiger charge is 2.20. The van der Waals surface area contributed by atoms with Crippen LogP contribution in [0.15, 0.2) is 30.9 Å². The molecule has 1 aliphatic carbocycles. The maximum absolute atomic E-state index is 4.54. The van der Waals surface area contributed by atoms with E-state index in [9.17, 15) is 0 Å². The number of pyridine rings is 1. The van der Waals surface area contributed by atoms with Gasteiger partial charge in [0.2, 0.25) is 0 Å². The van der Waals surface area contributed by atoms with Crippen molar-refractivity contribution >= 4 is 0 Å². The fraction of sp³-hybridized carbons (Fsp3) is 0.467. The number of aryl methyl sites for hydroxylation is 1. The number of hydrogen-bond donors (Lipinski definition) is 3. The third-order valence-corrected chi connectivity index (χ3v) is 3.76. The van der Waals surface area contributed by atoms with Crippen LogP contribution in [-0.2, 0) is 13.0 Å². The maximum Gasteiger partial charge on any atom is 0.0922 e. The van der Waals surface area contributed by atoms with Crippen molar-refractivity contribution in [3.05, 3.63) is 47.8 Å². The minimum absolute atomic E-state index is 0.411. The molecule has 0 spiro atoms. The molecule has 106 valence electrons. The Morgan fingerprint density at radius 1 is 1.35 bits per heavy atom. The molecule has 1 atom stereocenters. The Kier molecular flexibility index (Phi) is 4.40. The lowest BCUT2D eigenvalue weighted by molar-refractivity contribution is 0.443. The van der Waals surface area contributed by atoms with Crippen molar-refractivity contribution < 1.29 is 0 Å². The first-order valence-corrected chi connectivity index (χ1v) is 7.28. The van der Waals surface area contributed by atoms with Crippen LogP contribution in [-0.4, -0.2) is 28.0 Å². The van der Waals surface area contributed by atoms with E-state index in [0.29, 0.717) is 6.04 Å². The smallest absolute Gasteiger partial charge is 0.0922 e. The molecule has 0 saturated heterocycles. The van der Waals surface area contributed by atoms with E-state index in [1.54, 1.807) is 6.33 Å². The molecule has 0 radical (unpaired) electrons. The van der Waals surface area contributed by atoms with Gasteiger partial charge in [-0.25, -0.2) is 4.98 Å². The van der Waals surface area contributed by atoms with Gasteiger partial charge >= 0.3 is 0 Å². The zero-order valence-electron chi connectivity index (χ0n) is 11.6. The summed E-state index contributed by atoms with van der Waals surface area (Å²) in [4.78, 5) is 11.6. The average molecular weight is 271 g/mol. The minimum atomic E-state index is 0.411. The standard InChI is InChI=1S/C15H21N5/c1-3-12-4-2-6-19-15(12)14(5-1)18-8-7-16-9-13-10-17-11-20-13/h2,4,6,10-11,14,16,18H,1,3,5,7-9H2,(H,17,20). The monoisotopic (exact) mass is 271 g/mol. The molecule has 1 unspecified atom stereocenters. The van der Waals surface area contributed by atoms with Crippen LogP contribution in [0.4, 0.5) is 0 Å². The predicted octanol–water partition coefficient (Wildman–Crippen LogP) is 1.56. The highest BCUT2D eigenvalue weighted by Crippen LogP contribution is 2.27. The van der Waals surface area contributed by atoms with E-state index in [0.717, 1.165) is 25.3 Å². The summed E-state index contributed by atoms with van der Waals surface area (Å²) in [5, 5.41) is 7.00. The molecule has 0 aromatic carbocycles. The summed E-state index contributed by atoms with van der Waals surface area (Å²) in [6.45, 7) is 2.73. The van der Waals surface area contributed by atoms with E-state index in [1.807, 2.05) is 18.5 Å². The molecule has 2 heterocycles. The Morgan fingerprint density at radius 3 is 3.25 bits per heavy atom. The van der Waals surface area contributed by atoms with E-state index in [-0.39, 0.29) is 0 Å². The molecule has 3 rings (SSSR count). The fourth-order valence-corrected chi connectivity index (χ4v) is 2.75. The maximum atomic E-state index is 4.54. The Labute approximate surface area is 119 Å². The zero-order valence-corrected chi connectivity index (χ0v) is 11.6. The van der Waals surface area contributed by atoms with Crippen molar-refractivity contribution in [1.82, 2.24) is 25.6 Å².